The topological polar surface area (TPSA) is 68.1 Å². The normalized spacial score (nSPS) is 12.3. The van der Waals surface area contributed by atoms with Crippen LogP contribution in [0.2, 0.25) is 5.02 Å². The van der Waals surface area contributed by atoms with Crippen LogP contribution in [0.15, 0.2) is 23.6 Å². The van der Waals surface area contributed by atoms with Gasteiger partial charge in [0.2, 0.25) is 0 Å². The Labute approximate surface area is 125 Å². The first-order chi connectivity index (χ1) is 9.47. The number of benzene rings is 1. The summed E-state index contributed by atoms with van der Waals surface area (Å²) in [7, 11) is 0. The molecule has 0 fully saturated rings. The highest BCUT2D eigenvalue weighted by Crippen LogP contribution is 2.24. The van der Waals surface area contributed by atoms with E-state index < -0.39 is 4.92 Å². The Hall–Kier alpha value is -1.50. The lowest BCUT2D eigenvalue weighted by atomic mass is 10.1. The van der Waals surface area contributed by atoms with E-state index >= 15 is 0 Å². The van der Waals surface area contributed by atoms with Gasteiger partial charge in [0.1, 0.15) is 5.01 Å². The molecule has 1 aromatic heterocycles. The summed E-state index contributed by atoms with van der Waals surface area (Å²) in [6.07, 6.45) is 0. The number of rotatable bonds is 5. The van der Waals surface area contributed by atoms with E-state index in [-0.39, 0.29) is 11.7 Å². The van der Waals surface area contributed by atoms with Gasteiger partial charge in [-0.15, -0.1) is 11.3 Å². The van der Waals surface area contributed by atoms with E-state index in [1.54, 1.807) is 17.4 Å². The number of nitro benzene ring substituents is 1. The van der Waals surface area contributed by atoms with Crippen molar-refractivity contribution in [1.82, 2.24) is 10.3 Å². The van der Waals surface area contributed by atoms with E-state index in [1.807, 2.05) is 19.2 Å². The summed E-state index contributed by atoms with van der Waals surface area (Å²) in [6, 6.07) is 4.60. The van der Waals surface area contributed by atoms with Crippen LogP contribution in [0.25, 0.3) is 0 Å². The van der Waals surface area contributed by atoms with Gasteiger partial charge >= 0.3 is 0 Å². The molecule has 1 atom stereocenters. The van der Waals surface area contributed by atoms with E-state index in [0.29, 0.717) is 17.1 Å². The fraction of sp³-hybridized carbons (Fsp3) is 0.308. The predicted octanol–water partition coefficient (Wildman–Crippen LogP) is 3.86. The zero-order chi connectivity index (χ0) is 14.7. The third kappa shape index (κ3) is 3.53. The summed E-state index contributed by atoms with van der Waals surface area (Å²) in [5.41, 5.74) is 1.62. The van der Waals surface area contributed by atoms with Crippen molar-refractivity contribution < 1.29 is 4.92 Å². The first kappa shape index (κ1) is 14.9. The Bertz CT molecular complexity index is 630. The van der Waals surface area contributed by atoms with Gasteiger partial charge in [0.15, 0.2) is 0 Å². The van der Waals surface area contributed by atoms with Crippen LogP contribution in [0.3, 0.4) is 0 Å². The highest BCUT2D eigenvalue weighted by molar-refractivity contribution is 7.09. The maximum Gasteiger partial charge on any atom is 0.273 e. The van der Waals surface area contributed by atoms with Crippen LogP contribution < -0.4 is 5.32 Å². The number of hydrogen-bond acceptors (Lipinski definition) is 5. The third-order valence-corrected chi connectivity index (χ3v) is 4.22. The Kier molecular flexibility index (Phi) is 4.69. The van der Waals surface area contributed by atoms with Gasteiger partial charge in [0.25, 0.3) is 5.69 Å². The van der Waals surface area contributed by atoms with Crippen molar-refractivity contribution in [3.63, 3.8) is 0 Å². The second kappa shape index (κ2) is 6.30. The summed E-state index contributed by atoms with van der Waals surface area (Å²) in [5, 5.41) is 17.6. The number of aromatic nitrogens is 1. The first-order valence-corrected chi connectivity index (χ1v) is 7.31. The predicted molar refractivity (Wildman–Crippen MR) is 80.2 cm³/mol. The first-order valence-electron chi connectivity index (χ1n) is 6.05. The van der Waals surface area contributed by atoms with E-state index in [0.717, 1.165) is 10.7 Å². The van der Waals surface area contributed by atoms with Crippen molar-refractivity contribution in [3.8, 4) is 0 Å². The highest BCUT2D eigenvalue weighted by Gasteiger charge is 2.15. The zero-order valence-corrected chi connectivity index (χ0v) is 12.7. The molecule has 0 spiro atoms. The lowest BCUT2D eigenvalue weighted by molar-refractivity contribution is -0.385. The summed E-state index contributed by atoms with van der Waals surface area (Å²) in [4.78, 5) is 15.0. The Balaban J connectivity index is 2.10. The molecule has 0 aliphatic heterocycles. The van der Waals surface area contributed by atoms with Crippen molar-refractivity contribution in [2.45, 2.75) is 26.4 Å². The van der Waals surface area contributed by atoms with Gasteiger partial charge in [-0.05, 0) is 26.0 Å². The minimum atomic E-state index is -0.397. The molecule has 7 heteroatoms. The molecule has 0 radical (unpaired) electrons. The quantitative estimate of drug-likeness (QED) is 0.672. The summed E-state index contributed by atoms with van der Waals surface area (Å²) in [6.45, 7) is 4.29. The van der Waals surface area contributed by atoms with E-state index in [1.165, 1.54) is 12.1 Å². The summed E-state index contributed by atoms with van der Waals surface area (Å²) >= 11 is 7.47. The molecule has 0 amide bonds. The smallest absolute Gasteiger partial charge is 0.273 e. The lowest BCUT2D eigenvalue weighted by Gasteiger charge is -2.11. The molecule has 20 heavy (non-hydrogen) atoms. The van der Waals surface area contributed by atoms with Gasteiger partial charge in [-0.1, -0.05) is 11.6 Å². The maximum absolute atomic E-state index is 11.0. The van der Waals surface area contributed by atoms with Crippen LogP contribution in [-0.4, -0.2) is 9.91 Å². The fourth-order valence-corrected chi connectivity index (χ4v) is 2.82. The van der Waals surface area contributed by atoms with E-state index in [9.17, 15) is 10.1 Å². The van der Waals surface area contributed by atoms with Gasteiger partial charge in [-0.2, -0.15) is 0 Å². The van der Waals surface area contributed by atoms with Crippen LogP contribution in [0.1, 0.15) is 29.2 Å². The number of nitrogens with zero attached hydrogens (tertiary/aromatic N) is 2. The van der Waals surface area contributed by atoms with E-state index in [2.05, 4.69) is 10.3 Å². The molecular formula is C13H14ClN3O2S. The molecule has 0 bridgehead atoms. The molecule has 1 aromatic carbocycles. The SMILES string of the molecule is Cc1csc(C(C)NCc2cc(Cl)ccc2[N+](=O)[O-])n1. The minimum Gasteiger partial charge on any atom is -0.304 e. The third-order valence-electron chi connectivity index (χ3n) is 2.84. The molecule has 0 saturated heterocycles. The summed E-state index contributed by atoms with van der Waals surface area (Å²) in [5.74, 6) is 0. The number of nitro groups is 1. The number of hydrogen-bond donors (Lipinski definition) is 1. The standard InChI is InChI=1S/C13H14ClN3O2S/c1-8-7-20-13(16-8)9(2)15-6-10-5-11(14)3-4-12(10)17(18)19/h3-5,7,9,15H,6H2,1-2H3. The summed E-state index contributed by atoms with van der Waals surface area (Å²) < 4.78 is 0. The molecule has 106 valence electrons. The average molecular weight is 312 g/mol. The molecule has 2 aromatic rings. The van der Waals surface area contributed by atoms with Crippen LogP contribution in [-0.2, 0) is 6.54 Å². The van der Waals surface area contributed by atoms with Crippen LogP contribution in [0.5, 0.6) is 0 Å². The number of aryl methyl sites for hydroxylation is 1. The monoisotopic (exact) mass is 311 g/mol. The van der Waals surface area contributed by atoms with Crippen molar-refractivity contribution in [2.75, 3.05) is 0 Å². The Morgan fingerprint density at radius 1 is 1.55 bits per heavy atom. The van der Waals surface area contributed by atoms with Crippen molar-refractivity contribution in [2.24, 2.45) is 0 Å². The van der Waals surface area contributed by atoms with Crippen molar-refractivity contribution >= 4 is 28.6 Å². The second-order valence-electron chi connectivity index (χ2n) is 4.46. The van der Waals surface area contributed by atoms with Crippen LogP contribution in [0.4, 0.5) is 5.69 Å². The van der Waals surface area contributed by atoms with Gasteiger partial charge < -0.3 is 5.32 Å². The molecule has 0 aliphatic rings. The molecule has 2 rings (SSSR count). The lowest BCUT2D eigenvalue weighted by Crippen LogP contribution is -2.18. The molecule has 5 nitrogen and oxygen atoms in total. The second-order valence-corrected chi connectivity index (χ2v) is 5.79. The fourth-order valence-electron chi connectivity index (χ4n) is 1.80. The Morgan fingerprint density at radius 3 is 2.90 bits per heavy atom. The van der Waals surface area contributed by atoms with Gasteiger partial charge in [-0.25, -0.2) is 4.98 Å². The number of halogens is 1. The average Bonchev–Trinajstić information content (AvgIpc) is 2.82. The molecule has 0 saturated carbocycles. The van der Waals surface area contributed by atoms with E-state index in [4.69, 9.17) is 11.6 Å². The Morgan fingerprint density at radius 2 is 2.30 bits per heavy atom. The van der Waals surface area contributed by atoms with Crippen LogP contribution in [0, 0.1) is 17.0 Å². The largest absolute Gasteiger partial charge is 0.304 e. The number of nitrogens with one attached hydrogen (secondary N) is 1. The molecule has 1 heterocycles. The van der Waals surface area contributed by atoms with Crippen LogP contribution >= 0.6 is 22.9 Å². The van der Waals surface area contributed by atoms with Gasteiger partial charge in [0.05, 0.1) is 11.0 Å². The van der Waals surface area contributed by atoms with Gasteiger partial charge in [0, 0.05) is 34.3 Å². The van der Waals surface area contributed by atoms with Gasteiger partial charge in [-0.3, -0.25) is 10.1 Å². The maximum atomic E-state index is 11.0. The highest BCUT2D eigenvalue weighted by atomic mass is 35.5. The molecule has 1 N–H and O–H groups in total. The minimum absolute atomic E-state index is 0.0345. The zero-order valence-electron chi connectivity index (χ0n) is 11.1. The van der Waals surface area contributed by atoms with Crippen molar-refractivity contribution in [3.05, 3.63) is 55.0 Å². The molecule has 1 unspecified atom stereocenters. The number of thiazole rings is 1. The van der Waals surface area contributed by atoms with Crippen molar-refractivity contribution in [1.29, 1.82) is 0 Å². The molecular weight excluding hydrogens is 298 g/mol. The molecule has 0 aliphatic carbocycles.